The lowest BCUT2D eigenvalue weighted by Crippen LogP contribution is -2.41. The van der Waals surface area contributed by atoms with Crippen LogP contribution in [0, 0.1) is 23.7 Å². The molecule has 0 saturated carbocycles. The summed E-state index contributed by atoms with van der Waals surface area (Å²) in [5, 5.41) is 10.1. The predicted molar refractivity (Wildman–Crippen MR) is 152 cm³/mol. The summed E-state index contributed by atoms with van der Waals surface area (Å²) >= 11 is 0. The number of aromatic hydroxyl groups is 1. The number of imide groups is 1. The molecule has 0 bridgehead atoms. The Morgan fingerprint density at radius 2 is 1.80 bits per heavy atom. The van der Waals surface area contributed by atoms with Crippen molar-refractivity contribution in [2.24, 2.45) is 23.7 Å². The van der Waals surface area contributed by atoms with Gasteiger partial charge in [-0.05, 0) is 73.2 Å². The van der Waals surface area contributed by atoms with Gasteiger partial charge in [0.15, 0.2) is 11.6 Å². The van der Waals surface area contributed by atoms with Gasteiger partial charge < -0.3 is 9.84 Å². The van der Waals surface area contributed by atoms with Crippen molar-refractivity contribution in [3.8, 4) is 11.5 Å². The van der Waals surface area contributed by atoms with Gasteiger partial charge in [0.25, 0.3) is 0 Å². The minimum Gasteiger partial charge on any atom is -0.508 e. The van der Waals surface area contributed by atoms with Crippen molar-refractivity contribution < 1.29 is 29.0 Å². The Balaban J connectivity index is 1.32. The number of ether oxygens (including phenoxy) is 1. The first-order chi connectivity index (χ1) is 19.8. The Kier molecular flexibility index (Phi) is 5.61. The molecule has 3 aliphatic carbocycles. The van der Waals surface area contributed by atoms with Crippen molar-refractivity contribution in [2.45, 2.75) is 26.2 Å². The van der Waals surface area contributed by atoms with Crippen LogP contribution < -0.4 is 9.64 Å². The molecule has 1 fully saturated rings. The van der Waals surface area contributed by atoms with Crippen LogP contribution >= 0.6 is 0 Å². The summed E-state index contributed by atoms with van der Waals surface area (Å²) in [6, 6.07) is 12.0. The number of fused-ring (bicyclic) bond motifs is 4. The van der Waals surface area contributed by atoms with Gasteiger partial charge in [-0.15, -0.1) is 0 Å². The summed E-state index contributed by atoms with van der Waals surface area (Å²) in [6.45, 7) is 5.40. The lowest BCUT2D eigenvalue weighted by molar-refractivity contribution is -0.123. The van der Waals surface area contributed by atoms with Gasteiger partial charge in [0, 0.05) is 34.6 Å². The maximum absolute atomic E-state index is 14.0. The van der Waals surface area contributed by atoms with Gasteiger partial charge in [0.05, 0.1) is 23.8 Å². The van der Waals surface area contributed by atoms with Crippen LogP contribution in [0.1, 0.15) is 30.9 Å². The topological polar surface area (TPSA) is 101 Å². The monoisotopic (exact) mass is 545 g/mol. The number of rotatable bonds is 3. The Morgan fingerprint density at radius 1 is 1.02 bits per heavy atom. The Morgan fingerprint density at radius 3 is 2.56 bits per heavy atom. The van der Waals surface area contributed by atoms with E-state index in [1.54, 1.807) is 49.6 Å². The smallest absolute Gasteiger partial charge is 0.238 e. The fourth-order valence-electron chi connectivity index (χ4n) is 7.21. The zero-order valence-electron chi connectivity index (χ0n) is 22.4. The number of carbonyl (C=O) groups excluding carboxylic acids is 4. The van der Waals surface area contributed by atoms with Gasteiger partial charge in [-0.1, -0.05) is 36.4 Å². The molecule has 0 spiro atoms. The van der Waals surface area contributed by atoms with E-state index in [2.05, 4.69) is 6.58 Å². The number of hydrogen-bond donors (Lipinski definition) is 1. The van der Waals surface area contributed by atoms with Crippen LogP contribution in [0.4, 0.5) is 5.69 Å². The van der Waals surface area contributed by atoms with Crippen LogP contribution in [0.3, 0.4) is 0 Å². The number of carbonyl (C=O) groups is 4. The van der Waals surface area contributed by atoms with Crippen molar-refractivity contribution in [2.75, 3.05) is 4.90 Å². The maximum Gasteiger partial charge on any atom is 0.238 e. The van der Waals surface area contributed by atoms with Gasteiger partial charge in [0.1, 0.15) is 11.5 Å². The zero-order chi connectivity index (χ0) is 28.6. The fraction of sp³-hybridized carbons (Fsp3) is 0.235. The summed E-state index contributed by atoms with van der Waals surface area (Å²) in [7, 11) is 0. The molecule has 7 rings (SSSR count). The van der Waals surface area contributed by atoms with Crippen LogP contribution in [0.25, 0.3) is 6.08 Å². The van der Waals surface area contributed by atoms with Crippen molar-refractivity contribution in [1.82, 2.24) is 0 Å². The molecule has 4 atom stereocenters. The largest absolute Gasteiger partial charge is 0.508 e. The van der Waals surface area contributed by atoms with Crippen LogP contribution in [0.15, 0.2) is 95.3 Å². The van der Waals surface area contributed by atoms with E-state index in [-0.39, 0.29) is 35.6 Å². The molecule has 0 aromatic heterocycles. The third kappa shape index (κ3) is 3.72. The first kappa shape index (κ1) is 25.2. The number of hydrogen-bond acceptors (Lipinski definition) is 6. The first-order valence-corrected chi connectivity index (χ1v) is 13.7. The van der Waals surface area contributed by atoms with E-state index in [0.717, 1.165) is 22.3 Å². The lowest BCUT2D eigenvalue weighted by atomic mass is 9.58. The minimum atomic E-state index is -0.645. The van der Waals surface area contributed by atoms with E-state index in [1.165, 1.54) is 11.0 Å². The minimum absolute atomic E-state index is 0.105. The highest BCUT2D eigenvalue weighted by molar-refractivity contribution is 6.24. The van der Waals surface area contributed by atoms with Crippen molar-refractivity contribution in [3.05, 3.63) is 106 Å². The number of amides is 2. The molecule has 1 N–H and O–H groups in total. The van der Waals surface area contributed by atoms with Gasteiger partial charge in [-0.3, -0.25) is 24.1 Å². The average molecular weight is 546 g/mol. The molecule has 1 saturated heterocycles. The van der Waals surface area contributed by atoms with Crippen molar-refractivity contribution in [3.63, 3.8) is 0 Å². The standard InChI is InChI=1S/C34H27NO6/c1-3-18-4-6-21(7-5-18)35-33(39)24-10-9-23-25(30(24)34(35)40)15-26-31(27(37)12-17(2)32(26)38)29(23)20-13-19-14-22(36)8-11-28(19)41-16-20/h3-9,11-12,14,16,24-25,29-30,36H,1,10,13,15H2,2H3/t24-,25+,29-,30-/m0/s1. The van der Waals surface area contributed by atoms with Gasteiger partial charge >= 0.3 is 0 Å². The Bertz CT molecular complexity index is 1720. The number of phenolic OH excluding ortho intramolecular Hbond substituents is 1. The predicted octanol–water partition coefficient (Wildman–Crippen LogP) is 5.02. The van der Waals surface area contributed by atoms with Crippen LogP contribution in [-0.4, -0.2) is 28.5 Å². The number of Topliss-reactive ketones (excluding diaryl/α,β-unsaturated/α-hetero) is 1. The van der Waals surface area contributed by atoms with E-state index in [1.807, 2.05) is 18.2 Å². The number of benzene rings is 2. The van der Waals surface area contributed by atoms with Crippen LogP contribution in [0.2, 0.25) is 0 Å². The summed E-state index contributed by atoms with van der Waals surface area (Å²) in [5.74, 6) is -2.40. The van der Waals surface area contributed by atoms with E-state index >= 15 is 0 Å². The molecular weight excluding hydrogens is 518 g/mol. The maximum atomic E-state index is 14.0. The van der Waals surface area contributed by atoms with Gasteiger partial charge in [-0.25, -0.2) is 0 Å². The van der Waals surface area contributed by atoms with Crippen molar-refractivity contribution in [1.29, 1.82) is 0 Å². The number of anilines is 1. The second-order valence-corrected chi connectivity index (χ2v) is 11.3. The second kappa shape index (κ2) is 9.13. The number of nitrogens with zero attached hydrogens (tertiary/aromatic N) is 1. The number of ketones is 2. The van der Waals surface area contributed by atoms with E-state index in [4.69, 9.17) is 4.74 Å². The van der Waals surface area contributed by atoms with Crippen LogP contribution in [0.5, 0.6) is 11.5 Å². The quantitative estimate of drug-likeness (QED) is 0.330. The van der Waals surface area contributed by atoms with Gasteiger partial charge in [-0.2, -0.15) is 0 Å². The first-order valence-electron chi connectivity index (χ1n) is 13.7. The molecule has 5 aliphatic rings. The Labute approximate surface area is 236 Å². The third-order valence-corrected chi connectivity index (χ3v) is 9.10. The van der Waals surface area contributed by atoms with Gasteiger partial charge in [0.2, 0.25) is 11.8 Å². The molecule has 2 aromatic rings. The molecule has 0 unspecified atom stereocenters. The fourth-order valence-corrected chi connectivity index (χ4v) is 7.21. The summed E-state index contributed by atoms with van der Waals surface area (Å²) in [5.41, 5.74) is 5.02. The summed E-state index contributed by atoms with van der Waals surface area (Å²) < 4.78 is 5.93. The molecular formula is C34H27NO6. The summed E-state index contributed by atoms with van der Waals surface area (Å²) in [6.07, 6.45) is 7.71. The highest BCUT2D eigenvalue weighted by atomic mass is 16.5. The highest BCUT2D eigenvalue weighted by Crippen LogP contribution is 2.55. The molecule has 2 aromatic carbocycles. The number of phenols is 1. The second-order valence-electron chi connectivity index (χ2n) is 11.3. The molecule has 7 heteroatoms. The molecule has 2 amide bonds. The van der Waals surface area contributed by atoms with Crippen LogP contribution in [-0.2, 0) is 25.6 Å². The highest BCUT2D eigenvalue weighted by Gasteiger charge is 2.57. The molecule has 0 radical (unpaired) electrons. The van der Waals surface area contributed by atoms with E-state index < -0.39 is 23.7 Å². The van der Waals surface area contributed by atoms with E-state index in [9.17, 15) is 24.3 Å². The SMILES string of the molecule is C=Cc1ccc(N2C(=O)[C@H]3[C@H](CC=C4[C@H](C5=COc6ccc(O)cc6C5)C5=C(C[C@H]43)C(=O)C(C)=CC5=O)C2=O)cc1. The molecule has 2 aliphatic heterocycles. The molecule has 2 heterocycles. The average Bonchev–Trinajstić information content (AvgIpc) is 3.24. The normalized spacial score (nSPS) is 26.8. The molecule has 204 valence electrons. The Hall–Kier alpha value is -4.78. The zero-order valence-corrected chi connectivity index (χ0v) is 22.4. The third-order valence-electron chi connectivity index (χ3n) is 9.10. The molecule has 7 nitrogen and oxygen atoms in total. The number of allylic oxidation sites excluding steroid dienone is 7. The molecule has 41 heavy (non-hydrogen) atoms. The van der Waals surface area contributed by atoms with E-state index in [0.29, 0.717) is 41.0 Å². The lowest BCUT2D eigenvalue weighted by Gasteiger charge is -2.43. The summed E-state index contributed by atoms with van der Waals surface area (Å²) in [4.78, 5) is 55.9. The van der Waals surface area contributed by atoms with Crippen molar-refractivity contribution >= 4 is 35.1 Å².